The minimum absolute atomic E-state index is 0.0508. The minimum Gasteiger partial charge on any atom is -0.262 e. The summed E-state index contributed by atoms with van der Waals surface area (Å²) in [7, 11) is 0. The minimum atomic E-state index is 0.0508. The lowest BCUT2D eigenvalue weighted by Gasteiger charge is -2.21. The van der Waals surface area contributed by atoms with Crippen LogP contribution in [0.3, 0.4) is 0 Å². The Morgan fingerprint density at radius 2 is 2.17 bits per heavy atom. The molecule has 0 bridgehead atoms. The quantitative estimate of drug-likeness (QED) is 0.643. The lowest BCUT2D eigenvalue weighted by atomic mass is 9.87. The van der Waals surface area contributed by atoms with E-state index < -0.39 is 0 Å². The number of hydrogen-bond acceptors (Lipinski definition) is 1. The molecule has 1 rings (SSSR count). The number of alkyl halides is 1. The molecule has 0 fully saturated rings. The number of nitrogens with zero attached hydrogens (tertiary/aromatic N) is 1. The number of aryl methyl sites for hydroxylation is 1. The number of pyridine rings is 1. The van der Waals surface area contributed by atoms with Crippen LogP contribution in [-0.2, 0) is 5.41 Å². The highest BCUT2D eigenvalue weighted by molar-refractivity contribution is 6.18. The van der Waals surface area contributed by atoms with Crippen LogP contribution in [0.2, 0.25) is 0 Å². The zero-order valence-corrected chi connectivity index (χ0v) is 8.52. The van der Waals surface area contributed by atoms with Crippen LogP contribution < -0.4 is 0 Å². The molecule has 2 heteroatoms. The van der Waals surface area contributed by atoms with Gasteiger partial charge in [0.2, 0.25) is 0 Å². The fraction of sp³-hybridized carbons (Fsp3) is 0.500. The van der Waals surface area contributed by atoms with Crippen molar-refractivity contribution in [2.45, 2.75) is 26.2 Å². The Morgan fingerprint density at radius 1 is 1.50 bits per heavy atom. The van der Waals surface area contributed by atoms with Crippen molar-refractivity contribution in [3.63, 3.8) is 0 Å². The lowest BCUT2D eigenvalue weighted by molar-refractivity contribution is 0.596. The third-order valence-corrected chi connectivity index (χ3v) is 2.68. The van der Waals surface area contributed by atoms with Gasteiger partial charge in [-0.2, -0.15) is 0 Å². The van der Waals surface area contributed by atoms with Gasteiger partial charge in [0.15, 0.2) is 0 Å². The summed E-state index contributed by atoms with van der Waals surface area (Å²) < 4.78 is 0. The lowest BCUT2D eigenvalue weighted by Crippen LogP contribution is -2.19. The molecule has 1 aromatic heterocycles. The Kier molecular flexibility index (Phi) is 2.73. The van der Waals surface area contributed by atoms with Crippen molar-refractivity contribution in [1.29, 1.82) is 0 Å². The molecule has 0 aliphatic carbocycles. The average molecular weight is 184 g/mol. The number of hydrogen-bond donors (Lipinski definition) is 0. The molecule has 0 aliphatic rings. The fourth-order valence-electron chi connectivity index (χ4n) is 1.04. The molecule has 66 valence electrons. The van der Waals surface area contributed by atoms with Crippen molar-refractivity contribution in [3.05, 3.63) is 29.6 Å². The summed E-state index contributed by atoms with van der Waals surface area (Å²) in [6.45, 7) is 6.26. The molecule has 0 spiro atoms. The van der Waals surface area contributed by atoms with Gasteiger partial charge in [0.25, 0.3) is 0 Å². The molecule has 1 nitrogen and oxygen atoms in total. The first kappa shape index (κ1) is 9.53. The van der Waals surface area contributed by atoms with Crippen LogP contribution in [0.25, 0.3) is 0 Å². The van der Waals surface area contributed by atoms with Gasteiger partial charge in [-0.25, -0.2) is 0 Å². The van der Waals surface area contributed by atoms with E-state index in [0.717, 1.165) is 5.69 Å². The van der Waals surface area contributed by atoms with Crippen molar-refractivity contribution < 1.29 is 0 Å². The number of aromatic nitrogens is 1. The van der Waals surface area contributed by atoms with E-state index in [1.54, 1.807) is 0 Å². The van der Waals surface area contributed by atoms with Crippen LogP contribution >= 0.6 is 11.6 Å². The van der Waals surface area contributed by atoms with E-state index in [1.807, 2.05) is 19.2 Å². The van der Waals surface area contributed by atoms with E-state index >= 15 is 0 Å². The zero-order valence-electron chi connectivity index (χ0n) is 7.76. The van der Waals surface area contributed by atoms with Gasteiger partial charge in [0.05, 0.1) is 0 Å². The SMILES string of the molecule is Cc1cc(C(C)(C)CCl)ccn1. The topological polar surface area (TPSA) is 12.9 Å². The third-order valence-electron chi connectivity index (χ3n) is 2.01. The van der Waals surface area contributed by atoms with Crippen LogP contribution in [0.15, 0.2) is 18.3 Å². The van der Waals surface area contributed by atoms with Crippen LogP contribution in [0, 0.1) is 6.92 Å². The van der Waals surface area contributed by atoms with E-state index in [0.29, 0.717) is 5.88 Å². The van der Waals surface area contributed by atoms with Gasteiger partial charge in [0.1, 0.15) is 0 Å². The Morgan fingerprint density at radius 3 is 2.67 bits per heavy atom. The standard InChI is InChI=1S/C10H14ClN/c1-8-6-9(4-5-12-8)10(2,3)7-11/h4-6H,7H2,1-3H3. The van der Waals surface area contributed by atoms with Gasteiger partial charge in [0, 0.05) is 23.2 Å². The van der Waals surface area contributed by atoms with Gasteiger partial charge in [-0.15, -0.1) is 11.6 Å². The monoisotopic (exact) mass is 183 g/mol. The second-order valence-electron chi connectivity index (χ2n) is 3.70. The number of halogens is 1. The van der Waals surface area contributed by atoms with Crippen molar-refractivity contribution in [1.82, 2.24) is 4.98 Å². The normalized spacial score (nSPS) is 11.7. The van der Waals surface area contributed by atoms with Gasteiger partial charge < -0.3 is 0 Å². The van der Waals surface area contributed by atoms with Crippen molar-refractivity contribution in [3.8, 4) is 0 Å². The molecule has 12 heavy (non-hydrogen) atoms. The van der Waals surface area contributed by atoms with Crippen molar-refractivity contribution >= 4 is 11.6 Å². The maximum atomic E-state index is 5.86. The van der Waals surface area contributed by atoms with Crippen LogP contribution in [-0.4, -0.2) is 10.9 Å². The molecule has 0 radical (unpaired) electrons. The van der Waals surface area contributed by atoms with Crippen LogP contribution in [0.5, 0.6) is 0 Å². The van der Waals surface area contributed by atoms with Gasteiger partial charge in [-0.3, -0.25) is 4.98 Å². The van der Waals surface area contributed by atoms with Crippen LogP contribution in [0.4, 0.5) is 0 Å². The molecule has 0 unspecified atom stereocenters. The molecule has 1 heterocycles. The molecule has 1 aromatic rings. The summed E-state index contributed by atoms with van der Waals surface area (Å²) >= 11 is 5.86. The van der Waals surface area contributed by atoms with Crippen molar-refractivity contribution in [2.24, 2.45) is 0 Å². The Labute approximate surface area is 78.8 Å². The molecule has 0 saturated heterocycles. The highest BCUT2D eigenvalue weighted by Gasteiger charge is 2.18. The smallest absolute Gasteiger partial charge is 0.0375 e. The van der Waals surface area contributed by atoms with E-state index in [4.69, 9.17) is 11.6 Å². The second-order valence-corrected chi connectivity index (χ2v) is 3.97. The van der Waals surface area contributed by atoms with E-state index in [2.05, 4.69) is 24.9 Å². The van der Waals surface area contributed by atoms with Crippen LogP contribution in [0.1, 0.15) is 25.1 Å². The first-order valence-corrected chi connectivity index (χ1v) is 4.59. The fourth-order valence-corrected chi connectivity index (χ4v) is 1.20. The zero-order chi connectivity index (χ0) is 9.19. The predicted molar refractivity (Wildman–Crippen MR) is 52.7 cm³/mol. The van der Waals surface area contributed by atoms with Gasteiger partial charge in [-0.05, 0) is 24.6 Å². The van der Waals surface area contributed by atoms with E-state index in [-0.39, 0.29) is 5.41 Å². The Bertz CT molecular complexity index is 268. The molecule has 0 aromatic carbocycles. The third kappa shape index (κ3) is 1.98. The highest BCUT2D eigenvalue weighted by Crippen LogP contribution is 2.24. The predicted octanol–water partition coefficient (Wildman–Crippen LogP) is 2.91. The maximum absolute atomic E-state index is 5.86. The summed E-state index contributed by atoms with van der Waals surface area (Å²) in [5.74, 6) is 0.635. The largest absolute Gasteiger partial charge is 0.262 e. The summed E-state index contributed by atoms with van der Waals surface area (Å²) in [6, 6.07) is 4.11. The molecule has 0 aliphatic heterocycles. The number of rotatable bonds is 2. The summed E-state index contributed by atoms with van der Waals surface area (Å²) in [4.78, 5) is 4.14. The molecule has 0 saturated carbocycles. The molecular formula is C10H14ClN. The molecule has 0 amide bonds. The second kappa shape index (κ2) is 3.44. The summed E-state index contributed by atoms with van der Waals surface area (Å²) in [6.07, 6.45) is 1.83. The highest BCUT2D eigenvalue weighted by atomic mass is 35.5. The maximum Gasteiger partial charge on any atom is 0.0375 e. The van der Waals surface area contributed by atoms with Gasteiger partial charge >= 0.3 is 0 Å². The van der Waals surface area contributed by atoms with E-state index in [9.17, 15) is 0 Å². The summed E-state index contributed by atoms with van der Waals surface area (Å²) in [5, 5.41) is 0. The average Bonchev–Trinajstić information content (AvgIpc) is 2.05. The molecule has 0 N–H and O–H groups in total. The van der Waals surface area contributed by atoms with E-state index in [1.165, 1.54) is 5.56 Å². The summed E-state index contributed by atoms with van der Waals surface area (Å²) in [5.41, 5.74) is 2.35. The Balaban J connectivity index is 3.03. The van der Waals surface area contributed by atoms with Crippen molar-refractivity contribution in [2.75, 3.05) is 5.88 Å². The van der Waals surface area contributed by atoms with Gasteiger partial charge in [-0.1, -0.05) is 13.8 Å². The molecule has 0 atom stereocenters. The molecular weight excluding hydrogens is 170 g/mol. The Hall–Kier alpha value is -0.560. The first-order valence-electron chi connectivity index (χ1n) is 4.05. The first-order chi connectivity index (χ1) is 5.56.